The van der Waals surface area contributed by atoms with Gasteiger partial charge < -0.3 is 10.0 Å². The number of rotatable bonds is 3. The zero-order chi connectivity index (χ0) is 10.7. The Morgan fingerprint density at radius 2 is 2.27 bits per heavy atom. The molecule has 1 aliphatic rings. The standard InChI is InChI=1S/C12H16NO2/c14-12(15)11-5-7-13(8-6-11)9-10-3-1-2-4-10/h1-4,11H,5-9H2,(H,14,15)/q-1. The SMILES string of the molecule is O=C(O)C1CCN(Cc2cc[cH-]c2)CC1. The number of aliphatic carboxylic acids is 1. The van der Waals surface area contributed by atoms with Gasteiger partial charge in [-0.05, 0) is 32.5 Å². The van der Waals surface area contributed by atoms with Crippen LogP contribution >= 0.6 is 0 Å². The summed E-state index contributed by atoms with van der Waals surface area (Å²) in [6.07, 6.45) is 1.58. The molecule has 3 nitrogen and oxygen atoms in total. The molecule has 0 aliphatic carbocycles. The van der Waals surface area contributed by atoms with Crippen molar-refractivity contribution in [1.82, 2.24) is 4.90 Å². The molecule has 2 rings (SSSR count). The average molecular weight is 206 g/mol. The second-order valence-electron chi connectivity index (χ2n) is 4.18. The molecule has 0 atom stereocenters. The Hall–Kier alpha value is -1.22. The first-order valence-electron chi connectivity index (χ1n) is 5.41. The van der Waals surface area contributed by atoms with Crippen molar-refractivity contribution >= 4 is 5.97 Å². The zero-order valence-electron chi connectivity index (χ0n) is 8.72. The summed E-state index contributed by atoms with van der Waals surface area (Å²) < 4.78 is 0. The minimum Gasteiger partial charge on any atom is -0.481 e. The molecule has 1 saturated heterocycles. The molecule has 82 valence electrons. The van der Waals surface area contributed by atoms with Crippen molar-refractivity contribution in [3.8, 4) is 0 Å². The number of carboxylic acids is 1. The van der Waals surface area contributed by atoms with Gasteiger partial charge in [0.25, 0.3) is 0 Å². The van der Waals surface area contributed by atoms with Crippen LogP contribution < -0.4 is 0 Å². The molecule has 0 spiro atoms. The van der Waals surface area contributed by atoms with Crippen molar-refractivity contribution in [3.63, 3.8) is 0 Å². The van der Waals surface area contributed by atoms with Crippen LogP contribution in [0.4, 0.5) is 0 Å². The fraction of sp³-hybridized carbons (Fsp3) is 0.500. The molecule has 0 bridgehead atoms. The molecule has 0 radical (unpaired) electrons. The molecule has 15 heavy (non-hydrogen) atoms. The van der Waals surface area contributed by atoms with E-state index < -0.39 is 5.97 Å². The van der Waals surface area contributed by atoms with Gasteiger partial charge in [-0.25, -0.2) is 6.07 Å². The highest BCUT2D eigenvalue weighted by atomic mass is 16.4. The lowest BCUT2D eigenvalue weighted by Crippen LogP contribution is -2.35. The fourth-order valence-corrected chi connectivity index (χ4v) is 2.12. The minimum atomic E-state index is -0.636. The van der Waals surface area contributed by atoms with E-state index in [0.717, 1.165) is 32.5 Å². The lowest BCUT2D eigenvalue weighted by Gasteiger charge is -2.31. The summed E-state index contributed by atoms with van der Waals surface area (Å²) in [6, 6.07) is 8.31. The maximum Gasteiger partial charge on any atom is 0.306 e. The van der Waals surface area contributed by atoms with Crippen molar-refractivity contribution in [2.75, 3.05) is 13.1 Å². The summed E-state index contributed by atoms with van der Waals surface area (Å²) >= 11 is 0. The summed E-state index contributed by atoms with van der Waals surface area (Å²) in [5.74, 6) is -0.760. The fourth-order valence-electron chi connectivity index (χ4n) is 2.12. The number of nitrogens with zero attached hydrogens (tertiary/aromatic N) is 1. The van der Waals surface area contributed by atoms with Gasteiger partial charge in [0.05, 0.1) is 5.92 Å². The summed E-state index contributed by atoms with van der Waals surface area (Å²) in [7, 11) is 0. The van der Waals surface area contributed by atoms with Gasteiger partial charge in [-0.1, -0.05) is 0 Å². The number of hydrogen-bond acceptors (Lipinski definition) is 2. The van der Waals surface area contributed by atoms with E-state index in [1.54, 1.807) is 0 Å². The Labute approximate surface area is 89.7 Å². The lowest BCUT2D eigenvalue weighted by atomic mass is 9.97. The van der Waals surface area contributed by atoms with Gasteiger partial charge >= 0.3 is 5.97 Å². The van der Waals surface area contributed by atoms with E-state index in [4.69, 9.17) is 5.11 Å². The van der Waals surface area contributed by atoms with Gasteiger partial charge in [0.1, 0.15) is 0 Å². The first kappa shape index (κ1) is 10.3. The maximum atomic E-state index is 10.8. The van der Waals surface area contributed by atoms with Crippen LogP contribution in [-0.2, 0) is 11.3 Å². The number of piperidine rings is 1. The first-order valence-corrected chi connectivity index (χ1v) is 5.41. The van der Waals surface area contributed by atoms with Gasteiger partial charge in [-0.2, -0.15) is 23.8 Å². The number of hydrogen-bond donors (Lipinski definition) is 1. The Morgan fingerprint density at radius 1 is 1.53 bits per heavy atom. The van der Waals surface area contributed by atoms with E-state index in [1.807, 2.05) is 12.1 Å². The van der Waals surface area contributed by atoms with E-state index in [9.17, 15) is 4.79 Å². The highest BCUT2D eigenvalue weighted by Crippen LogP contribution is 2.19. The molecule has 1 aliphatic heterocycles. The van der Waals surface area contributed by atoms with Crippen LogP contribution in [0.1, 0.15) is 18.4 Å². The van der Waals surface area contributed by atoms with Crippen LogP contribution in [0.5, 0.6) is 0 Å². The number of carbonyl (C=O) groups is 1. The van der Waals surface area contributed by atoms with Gasteiger partial charge in [0, 0.05) is 0 Å². The Morgan fingerprint density at radius 3 is 2.80 bits per heavy atom. The molecule has 3 heteroatoms. The Balaban J connectivity index is 1.81. The summed E-state index contributed by atoms with van der Waals surface area (Å²) in [5, 5.41) is 8.86. The molecule has 1 fully saturated rings. The molecule has 0 amide bonds. The van der Waals surface area contributed by atoms with Gasteiger partial charge in [-0.15, -0.1) is 0 Å². The lowest BCUT2D eigenvalue weighted by molar-refractivity contribution is -0.143. The van der Waals surface area contributed by atoms with Gasteiger partial charge in [-0.3, -0.25) is 4.79 Å². The molecule has 0 saturated carbocycles. The zero-order valence-corrected chi connectivity index (χ0v) is 8.72. The Kier molecular flexibility index (Phi) is 3.11. The quantitative estimate of drug-likeness (QED) is 0.765. The van der Waals surface area contributed by atoms with E-state index in [1.165, 1.54) is 5.56 Å². The maximum absolute atomic E-state index is 10.8. The molecule has 1 heterocycles. The number of carboxylic acid groups (broad SMARTS) is 1. The summed E-state index contributed by atoms with van der Waals surface area (Å²) in [6.45, 7) is 2.77. The van der Waals surface area contributed by atoms with Crippen LogP contribution in [0.25, 0.3) is 0 Å². The largest absolute Gasteiger partial charge is 0.481 e. The molecule has 0 aromatic heterocycles. The van der Waals surface area contributed by atoms with E-state index in [-0.39, 0.29) is 5.92 Å². The smallest absolute Gasteiger partial charge is 0.306 e. The van der Waals surface area contributed by atoms with Crippen LogP contribution in [0.2, 0.25) is 0 Å². The molecular weight excluding hydrogens is 190 g/mol. The second-order valence-corrected chi connectivity index (χ2v) is 4.18. The van der Waals surface area contributed by atoms with Crippen molar-refractivity contribution < 1.29 is 9.90 Å². The molecular formula is C12H16NO2-. The summed E-state index contributed by atoms with van der Waals surface area (Å²) in [4.78, 5) is 13.1. The van der Waals surface area contributed by atoms with Crippen LogP contribution in [0.15, 0.2) is 24.3 Å². The summed E-state index contributed by atoms with van der Waals surface area (Å²) in [5.41, 5.74) is 1.32. The van der Waals surface area contributed by atoms with Crippen molar-refractivity contribution in [3.05, 3.63) is 29.8 Å². The van der Waals surface area contributed by atoms with Crippen molar-refractivity contribution in [2.24, 2.45) is 5.92 Å². The minimum absolute atomic E-state index is 0.124. The van der Waals surface area contributed by atoms with Crippen molar-refractivity contribution in [1.29, 1.82) is 0 Å². The predicted molar refractivity (Wildman–Crippen MR) is 57.7 cm³/mol. The van der Waals surface area contributed by atoms with Crippen LogP contribution in [0, 0.1) is 5.92 Å². The average Bonchev–Trinajstić information content (AvgIpc) is 2.71. The normalized spacial score (nSPS) is 19.2. The van der Waals surface area contributed by atoms with E-state index >= 15 is 0 Å². The van der Waals surface area contributed by atoms with Gasteiger partial charge in [0.2, 0.25) is 0 Å². The monoisotopic (exact) mass is 206 g/mol. The predicted octanol–water partition coefficient (Wildman–Crippen LogP) is 1.70. The Bertz CT molecular complexity index is 310. The molecule has 1 aromatic rings. The third-order valence-corrected chi connectivity index (χ3v) is 3.07. The highest BCUT2D eigenvalue weighted by Gasteiger charge is 2.23. The molecule has 1 aromatic carbocycles. The third kappa shape index (κ3) is 2.63. The number of likely N-dealkylation sites (tertiary alicyclic amines) is 1. The van der Waals surface area contributed by atoms with Crippen LogP contribution in [0.3, 0.4) is 0 Å². The van der Waals surface area contributed by atoms with Crippen molar-refractivity contribution in [2.45, 2.75) is 19.4 Å². The van der Waals surface area contributed by atoms with E-state index in [0.29, 0.717) is 0 Å². The molecule has 1 N–H and O–H groups in total. The first-order chi connectivity index (χ1) is 7.25. The van der Waals surface area contributed by atoms with Crippen LogP contribution in [-0.4, -0.2) is 29.1 Å². The molecule has 0 unspecified atom stereocenters. The van der Waals surface area contributed by atoms with Gasteiger partial charge in [0.15, 0.2) is 0 Å². The van der Waals surface area contributed by atoms with E-state index in [2.05, 4.69) is 17.0 Å². The third-order valence-electron chi connectivity index (χ3n) is 3.07. The highest BCUT2D eigenvalue weighted by molar-refractivity contribution is 5.70. The topological polar surface area (TPSA) is 40.5 Å². The second kappa shape index (κ2) is 4.53.